The van der Waals surface area contributed by atoms with E-state index in [1.807, 2.05) is 12.1 Å². The first-order valence-corrected chi connectivity index (χ1v) is 7.50. The fourth-order valence-corrected chi connectivity index (χ4v) is 2.71. The van der Waals surface area contributed by atoms with Crippen molar-refractivity contribution >= 4 is 0 Å². The average molecular weight is 262 g/mol. The van der Waals surface area contributed by atoms with Crippen molar-refractivity contribution in [2.45, 2.75) is 38.6 Å². The number of likely N-dealkylation sites (tertiary alicyclic amines) is 1. The van der Waals surface area contributed by atoms with E-state index in [0.29, 0.717) is 11.8 Å². The second-order valence-electron chi connectivity index (χ2n) is 5.53. The second-order valence-corrected chi connectivity index (χ2v) is 5.53. The van der Waals surface area contributed by atoms with Crippen LogP contribution in [0.25, 0.3) is 0 Å². The minimum absolute atomic E-state index is 0.291. The molecule has 0 radical (unpaired) electrons. The number of benzene rings is 1. The fraction of sp³-hybridized carbons (Fsp3) is 0.625. The summed E-state index contributed by atoms with van der Waals surface area (Å²) in [7, 11) is 0. The predicted octanol–water partition coefficient (Wildman–Crippen LogP) is 2.92. The summed E-state index contributed by atoms with van der Waals surface area (Å²) < 4.78 is 0. The van der Waals surface area contributed by atoms with Crippen molar-refractivity contribution in [2.75, 3.05) is 26.2 Å². The Hall–Kier alpha value is -1.06. The molecule has 2 rings (SSSR count). The molecule has 3 nitrogen and oxygen atoms in total. The molecule has 0 spiro atoms. The third-order valence-electron chi connectivity index (χ3n) is 3.95. The molecule has 106 valence electrons. The van der Waals surface area contributed by atoms with Gasteiger partial charge in [-0.1, -0.05) is 25.0 Å². The lowest BCUT2D eigenvalue weighted by atomic mass is 10.1. The Bertz CT molecular complexity index is 373. The molecule has 1 heterocycles. The Morgan fingerprint density at radius 1 is 1.21 bits per heavy atom. The van der Waals surface area contributed by atoms with Crippen molar-refractivity contribution in [2.24, 2.45) is 0 Å². The number of phenolic OH excluding ortho intramolecular Hbond substituents is 1. The molecule has 0 bridgehead atoms. The Kier molecular flexibility index (Phi) is 5.67. The summed E-state index contributed by atoms with van der Waals surface area (Å²) in [5.74, 6) is 0.346. The van der Waals surface area contributed by atoms with Crippen molar-refractivity contribution in [1.29, 1.82) is 0 Å². The largest absolute Gasteiger partial charge is 0.508 e. The number of nitrogens with one attached hydrogen (secondary N) is 1. The highest BCUT2D eigenvalue weighted by atomic mass is 16.3. The third-order valence-corrected chi connectivity index (χ3v) is 3.95. The van der Waals surface area contributed by atoms with E-state index in [1.165, 1.54) is 38.8 Å². The zero-order chi connectivity index (χ0) is 13.5. The maximum Gasteiger partial charge on any atom is 0.115 e. The molecule has 2 N–H and O–H groups in total. The standard InChI is InChI=1S/C16H26N2O/c1-14(15-7-6-8-16(19)13-15)17-9-12-18-10-4-2-3-5-11-18/h6-8,13-14,17,19H,2-5,9-12H2,1H3. The van der Waals surface area contributed by atoms with Crippen LogP contribution in [-0.2, 0) is 0 Å². The lowest BCUT2D eigenvalue weighted by molar-refractivity contribution is 0.280. The molecule has 0 amide bonds. The van der Waals surface area contributed by atoms with Crippen molar-refractivity contribution in [3.8, 4) is 5.75 Å². The Morgan fingerprint density at radius 3 is 2.63 bits per heavy atom. The number of nitrogens with zero attached hydrogens (tertiary/aromatic N) is 1. The van der Waals surface area contributed by atoms with E-state index in [1.54, 1.807) is 6.07 Å². The van der Waals surface area contributed by atoms with Gasteiger partial charge in [0.25, 0.3) is 0 Å². The fourth-order valence-electron chi connectivity index (χ4n) is 2.71. The van der Waals surface area contributed by atoms with E-state index >= 15 is 0 Å². The predicted molar refractivity (Wildman–Crippen MR) is 79.4 cm³/mol. The van der Waals surface area contributed by atoms with Crippen molar-refractivity contribution < 1.29 is 5.11 Å². The van der Waals surface area contributed by atoms with Crippen LogP contribution in [0.3, 0.4) is 0 Å². The minimum Gasteiger partial charge on any atom is -0.508 e. The third kappa shape index (κ3) is 4.84. The van der Waals surface area contributed by atoms with Crippen LogP contribution in [0.2, 0.25) is 0 Å². The lowest BCUT2D eigenvalue weighted by Crippen LogP contribution is -2.33. The first-order chi connectivity index (χ1) is 9.25. The number of rotatable bonds is 5. The van der Waals surface area contributed by atoms with E-state index in [2.05, 4.69) is 23.2 Å². The van der Waals surface area contributed by atoms with Gasteiger partial charge in [0.2, 0.25) is 0 Å². The van der Waals surface area contributed by atoms with Crippen LogP contribution in [0, 0.1) is 0 Å². The van der Waals surface area contributed by atoms with Crippen LogP contribution in [0.15, 0.2) is 24.3 Å². The quantitative estimate of drug-likeness (QED) is 0.856. The summed E-state index contributed by atoms with van der Waals surface area (Å²) in [6.07, 6.45) is 5.48. The van der Waals surface area contributed by atoms with Crippen LogP contribution < -0.4 is 5.32 Å². The first kappa shape index (κ1) is 14.4. The SMILES string of the molecule is CC(NCCN1CCCCCC1)c1cccc(O)c1. The van der Waals surface area contributed by atoms with E-state index in [-0.39, 0.29) is 0 Å². The van der Waals surface area contributed by atoms with E-state index in [9.17, 15) is 5.11 Å². The molecular formula is C16H26N2O. The van der Waals surface area contributed by atoms with Gasteiger partial charge in [-0.2, -0.15) is 0 Å². The summed E-state index contributed by atoms with van der Waals surface area (Å²) in [6, 6.07) is 7.80. The molecule has 0 aliphatic carbocycles. The zero-order valence-electron chi connectivity index (χ0n) is 11.9. The molecule has 19 heavy (non-hydrogen) atoms. The van der Waals surface area contributed by atoms with E-state index in [0.717, 1.165) is 18.7 Å². The normalized spacial score (nSPS) is 19.0. The average Bonchev–Trinajstić information content (AvgIpc) is 2.67. The molecular weight excluding hydrogens is 236 g/mol. The van der Waals surface area contributed by atoms with Gasteiger partial charge in [0.1, 0.15) is 5.75 Å². The molecule has 1 atom stereocenters. The van der Waals surface area contributed by atoms with Crippen LogP contribution in [0.1, 0.15) is 44.2 Å². The summed E-state index contributed by atoms with van der Waals surface area (Å²) in [4.78, 5) is 2.56. The molecule has 1 aliphatic rings. The number of hydrogen-bond acceptors (Lipinski definition) is 3. The maximum atomic E-state index is 9.49. The van der Waals surface area contributed by atoms with Gasteiger partial charge in [-0.15, -0.1) is 0 Å². The van der Waals surface area contributed by atoms with Gasteiger partial charge in [0.05, 0.1) is 0 Å². The van der Waals surface area contributed by atoms with Gasteiger partial charge in [0.15, 0.2) is 0 Å². The van der Waals surface area contributed by atoms with Gasteiger partial charge in [-0.25, -0.2) is 0 Å². The topological polar surface area (TPSA) is 35.5 Å². The van der Waals surface area contributed by atoms with Gasteiger partial charge >= 0.3 is 0 Å². The van der Waals surface area contributed by atoms with Crippen LogP contribution in [-0.4, -0.2) is 36.2 Å². The van der Waals surface area contributed by atoms with E-state index < -0.39 is 0 Å². The van der Waals surface area contributed by atoms with Crippen LogP contribution in [0.5, 0.6) is 5.75 Å². The van der Waals surface area contributed by atoms with Crippen LogP contribution >= 0.6 is 0 Å². The van der Waals surface area contributed by atoms with Gasteiger partial charge in [-0.3, -0.25) is 0 Å². The molecule has 1 aromatic carbocycles. The molecule has 1 unspecified atom stereocenters. The molecule has 0 saturated carbocycles. The zero-order valence-corrected chi connectivity index (χ0v) is 11.9. The Morgan fingerprint density at radius 2 is 1.95 bits per heavy atom. The van der Waals surface area contributed by atoms with Gasteiger partial charge < -0.3 is 15.3 Å². The molecule has 3 heteroatoms. The molecule has 1 aliphatic heterocycles. The van der Waals surface area contributed by atoms with E-state index in [4.69, 9.17) is 0 Å². The highest BCUT2D eigenvalue weighted by Crippen LogP contribution is 2.17. The summed E-state index contributed by atoms with van der Waals surface area (Å²) >= 11 is 0. The van der Waals surface area contributed by atoms with Crippen LogP contribution in [0.4, 0.5) is 0 Å². The summed E-state index contributed by atoms with van der Waals surface area (Å²) in [5, 5.41) is 13.0. The lowest BCUT2D eigenvalue weighted by Gasteiger charge is -2.21. The molecule has 1 fully saturated rings. The van der Waals surface area contributed by atoms with Crippen molar-refractivity contribution in [3.63, 3.8) is 0 Å². The number of phenols is 1. The monoisotopic (exact) mass is 262 g/mol. The molecule has 1 saturated heterocycles. The van der Waals surface area contributed by atoms with Crippen molar-refractivity contribution in [3.05, 3.63) is 29.8 Å². The van der Waals surface area contributed by atoms with Gasteiger partial charge in [0, 0.05) is 19.1 Å². The summed E-state index contributed by atoms with van der Waals surface area (Å²) in [5.41, 5.74) is 1.15. The smallest absolute Gasteiger partial charge is 0.115 e. The number of hydrogen-bond donors (Lipinski definition) is 2. The minimum atomic E-state index is 0.291. The molecule has 0 aromatic heterocycles. The highest BCUT2D eigenvalue weighted by Gasteiger charge is 2.09. The maximum absolute atomic E-state index is 9.49. The van der Waals surface area contributed by atoms with Gasteiger partial charge in [-0.05, 0) is 50.6 Å². The number of aromatic hydroxyl groups is 1. The summed E-state index contributed by atoms with van der Waals surface area (Å²) in [6.45, 7) is 6.79. The highest BCUT2D eigenvalue weighted by molar-refractivity contribution is 5.28. The Labute approximate surface area is 116 Å². The second kappa shape index (κ2) is 7.51. The van der Waals surface area contributed by atoms with Crippen molar-refractivity contribution in [1.82, 2.24) is 10.2 Å². The Balaban J connectivity index is 1.72. The molecule has 1 aromatic rings. The first-order valence-electron chi connectivity index (χ1n) is 7.50.